The van der Waals surface area contributed by atoms with Gasteiger partial charge in [0, 0.05) is 5.69 Å². The summed E-state index contributed by atoms with van der Waals surface area (Å²) in [7, 11) is 0. The standard InChI is InChI=1S/C14H15N3O3/c1-9-5-3-4-6-11(9)16-13(18)8-17-10(2)15-7-12(17)14(19)20/h3-7H,8H2,1-2H3,(H,16,18)(H,19,20). The maximum absolute atomic E-state index is 12.0. The summed E-state index contributed by atoms with van der Waals surface area (Å²) >= 11 is 0. The minimum Gasteiger partial charge on any atom is -0.477 e. The lowest BCUT2D eigenvalue weighted by molar-refractivity contribution is -0.116. The van der Waals surface area contributed by atoms with Crippen molar-refractivity contribution in [3.63, 3.8) is 0 Å². The molecule has 0 saturated carbocycles. The topological polar surface area (TPSA) is 84.2 Å². The highest BCUT2D eigenvalue weighted by atomic mass is 16.4. The van der Waals surface area contributed by atoms with Gasteiger partial charge in [-0.1, -0.05) is 18.2 Å². The van der Waals surface area contributed by atoms with Crippen LogP contribution >= 0.6 is 0 Å². The second-order valence-electron chi connectivity index (χ2n) is 4.45. The molecule has 0 radical (unpaired) electrons. The van der Waals surface area contributed by atoms with Crippen molar-refractivity contribution >= 4 is 17.6 Å². The zero-order valence-corrected chi connectivity index (χ0v) is 11.3. The number of rotatable bonds is 4. The second-order valence-corrected chi connectivity index (χ2v) is 4.45. The number of aromatic nitrogens is 2. The molecule has 20 heavy (non-hydrogen) atoms. The molecule has 0 aliphatic heterocycles. The van der Waals surface area contributed by atoms with Crippen LogP contribution in [0.3, 0.4) is 0 Å². The van der Waals surface area contributed by atoms with Crippen LogP contribution in [-0.4, -0.2) is 26.5 Å². The van der Waals surface area contributed by atoms with Crippen LogP contribution in [-0.2, 0) is 11.3 Å². The molecule has 1 heterocycles. The van der Waals surface area contributed by atoms with Gasteiger partial charge in [0.2, 0.25) is 5.91 Å². The van der Waals surface area contributed by atoms with E-state index in [9.17, 15) is 9.59 Å². The first-order chi connectivity index (χ1) is 9.49. The lowest BCUT2D eigenvalue weighted by Gasteiger charge is -2.10. The van der Waals surface area contributed by atoms with E-state index in [1.165, 1.54) is 10.8 Å². The van der Waals surface area contributed by atoms with E-state index in [1.807, 2.05) is 25.1 Å². The molecule has 0 saturated heterocycles. The number of para-hydroxylation sites is 1. The molecule has 2 rings (SSSR count). The SMILES string of the molecule is Cc1ccccc1NC(=O)Cn1c(C(=O)O)cnc1C. The highest BCUT2D eigenvalue weighted by Gasteiger charge is 2.16. The monoisotopic (exact) mass is 273 g/mol. The normalized spacial score (nSPS) is 10.3. The Morgan fingerprint density at radius 3 is 2.65 bits per heavy atom. The highest BCUT2D eigenvalue weighted by molar-refractivity contribution is 5.92. The zero-order chi connectivity index (χ0) is 14.7. The zero-order valence-electron chi connectivity index (χ0n) is 11.3. The van der Waals surface area contributed by atoms with Gasteiger partial charge in [0.15, 0.2) is 0 Å². The van der Waals surface area contributed by atoms with E-state index in [0.29, 0.717) is 11.5 Å². The third kappa shape index (κ3) is 2.85. The summed E-state index contributed by atoms with van der Waals surface area (Å²) in [5.74, 6) is -0.903. The van der Waals surface area contributed by atoms with Gasteiger partial charge in [-0.25, -0.2) is 9.78 Å². The Hall–Kier alpha value is -2.63. The van der Waals surface area contributed by atoms with Crippen LogP contribution in [0.2, 0.25) is 0 Å². The van der Waals surface area contributed by atoms with Gasteiger partial charge in [-0.3, -0.25) is 4.79 Å². The molecule has 0 aliphatic rings. The molecule has 0 fully saturated rings. The Morgan fingerprint density at radius 1 is 1.30 bits per heavy atom. The van der Waals surface area contributed by atoms with Crippen LogP contribution in [0.5, 0.6) is 0 Å². The lowest BCUT2D eigenvalue weighted by Crippen LogP contribution is -2.22. The molecule has 6 heteroatoms. The van der Waals surface area contributed by atoms with Crippen LogP contribution in [0, 0.1) is 13.8 Å². The van der Waals surface area contributed by atoms with Crippen molar-refractivity contribution in [1.82, 2.24) is 9.55 Å². The second kappa shape index (κ2) is 5.56. The van der Waals surface area contributed by atoms with Crippen molar-refractivity contribution < 1.29 is 14.7 Å². The summed E-state index contributed by atoms with van der Waals surface area (Å²) in [4.78, 5) is 27.0. The molecule has 0 atom stereocenters. The predicted molar refractivity (Wildman–Crippen MR) is 73.7 cm³/mol. The maximum atomic E-state index is 12.0. The number of nitrogens with zero attached hydrogens (tertiary/aromatic N) is 2. The predicted octanol–water partition coefficient (Wildman–Crippen LogP) is 1.84. The average molecular weight is 273 g/mol. The van der Waals surface area contributed by atoms with Crippen molar-refractivity contribution in [2.24, 2.45) is 0 Å². The first-order valence-corrected chi connectivity index (χ1v) is 6.10. The molecule has 1 aromatic heterocycles. The van der Waals surface area contributed by atoms with Gasteiger partial charge in [0.25, 0.3) is 0 Å². The van der Waals surface area contributed by atoms with E-state index < -0.39 is 5.97 Å². The molecule has 6 nitrogen and oxygen atoms in total. The third-order valence-electron chi connectivity index (χ3n) is 3.00. The highest BCUT2D eigenvalue weighted by Crippen LogP contribution is 2.13. The quantitative estimate of drug-likeness (QED) is 0.890. The number of aryl methyl sites for hydroxylation is 2. The van der Waals surface area contributed by atoms with Gasteiger partial charge in [-0.05, 0) is 25.5 Å². The molecule has 104 valence electrons. The number of carboxylic acids is 1. The Balaban J connectivity index is 2.15. The molecular weight excluding hydrogens is 258 g/mol. The molecule has 1 aromatic carbocycles. The fraction of sp³-hybridized carbons (Fsp3) is 0.214. The number of aromatic carboxylic acids is 1. The summed E-state index contributed by atoms with van der Waals surface area (Å²) < 4.78 is 1.37. The number of carboxylic acid groups (broad SMARTS) is 1. The number of nitrogens with one attached hydrogen (secondary N) is 1. The van der Waals surface area contributed by atoms with Crippen LogP contribution in [0.25, 0.3) is 0 Å². The summed E-state index contributed by atoms with van der Waals surface area (Å²) in [6.07, 6.45) is 1.25. The summed E-state index contributed by atoms with van der Waals surface area (Å²) in [6.45, 7) is 3.47. The molecule has 0 spiro atoms. The summed E-state index contributed by atoms with van der Waals surface area (Å²) in [6, 6.07) is 7.40. The van der Waals surface area contributed by atoms with Crippen molar-refractivity contribution in [3.05, 3.63) is 47.5 Å². The fourth-order valence-electron chi connectivity index (χ4n) is 1.89. The molecule has 0 bridgehead atoms. The number of hydrogen-bond donors (Lipinski definition) is 2. The van der Waals surface area contributed by atoms with E-state index in [0.717, 1.165) is 5.56 Å². The number of hydrogen-bond acceptors (Lipinski definition) is 3. The van der Waals surface area contributed by atoms with Crippen molar-refractivity contribution in [3.8, 4) is 0 Å². The average Bonchev–Trinajstić information content (AvgIpc) is 2.74. The third-order valence-corrected chi connectivity index (χ3v) is 3.00. The van der Waals surface area contributed by atoms with E-state index in [-0.39, 0.29) is 18.1 Å². The first kappa shape index (κ1) is 13.8. The van der Waals surface area contributed by atoms with E-state index in [1.54, 1.807) is 13.0 Å². The minimum absolute atomic E-state index is 0.00225. The van der Waals surface area contributed by atoms with Gasteiger partial charge in [-0.2, -0.15) is 0 Å². The Labute approximate surface area is 116 Å². The largest absolute Gasteiger partial charge is 0.477 e. The Morgan fingerprint density at radius 2 is 2.00 bits per heavy atom. The van der Waals surface area contributed by atoms with Gasteiger partial charge in [-0.15, -0.1) is 0 Å². The van der Waals surface area contributed by atoms with E-state index in [2.05, 4.69) is 10.3 Å². The van der Waals surface area contributed by atoms with Crippen LogP contribution in [0.4, 0.5) is 5.69 Å². The number of anilines is 1. The summed E-state index contributed by atoms with van der Waals surface area (Å²) in [5.41, 5.74) is 1.66. The molecule has 0 unspecified atom stereocenters. The molecule has 2 N–H and O–H groups in total. The van der Waals surface area contributed by atoms with Gasteiger partial charge in [0.05, 0.1) is 6.20 Å². The van der Waals surface area contributed by atoms with Gasteiger partial charge < -0.3 is 15.0 Å². The Kier molecular flexibility index (Phi) is 3.84. The number of carbonyl (C=O) groups excluding carboxylic acids is 1. The van der Waals surface area contributed by atoms with Crippen LogP contribution in [0.1, 0.15) is 21.9 Å². The fourth-order valence-corrected chi connectivity index (χ4v) is 1.89. The lowest BCUT2D eigenvalue weighted by atomic mass is 10.2. The van der Waals surface area contributed by atoms with Crippen LogP contribution in [0.15, 0.2) is 30.5 Å². The molecular formula is C14H15N3O3. The number of benzene rings is 1. The van der Waals surface area contributed by atoms with Gasteiger partial charge >= 0.3 is 5.97 Å². The van der Waals surface area contributed by atoms with Crippen LogP contribution < -0.4 is 5.32 Å². The summed E-state index contributed by atoms with van der Waals surface area (Å²) in [5, 5.41) is 11.8. The molecule has 0 aliphatic carbocycles. The number of imidazole rings is 1. The molecule has 2 aromatic rings. The number of carbonyl (C=O) groups is 2. The van der Waals surface area contributed by atoms with Crippen molar-refractivity contribution in [1.29, 1.82) is 0 Å². The van der Waals surface area contributed by atoms with E-state index in [4.69, 9.17) is 5.11 Å². The van der Waals surface area contributed by atoms with E-state index >= 15 is 0 Å². The van der Waals surface area contributed by atoms with Crippen molar-refractivity contribution in [2.75, 3.05) is 5.32 Å². The molecule has 1 amide bonds. The van der Waals surface area contributed by atoms with Crippen molar-refractivity contribution in [2.45, 2.75) is 20.4 Å². The van der Waals surface area contributed by atoms with Gasteiger partial charge in [0.1, 0.15) is 18.1 Å². The Bertz CT molecular complexity index is 661. The first-order valence-electron chi connectivity index (χ1n) is 6.10. The number of amides is 1. The maximum Gasteiger partial charge on any atom is 0.354 e. The smallest absolute Gasteiger partial charge is 0.354 e. The minimum atomic E-state index is -1.10.